The van der Waals surface area contributed by atoms with Gasteiger partial charge < -0.3 is 10.3 Å². The fourth-order valence-electron chi connectivity index (χ4n) is 3.04. The molecule has 4 nitrogen and oxygen atoms in total. The fourth-order valence-corrected chi connectivity index (χ4v) is 3.04. The minimum Gasteiger partial charge on any atom is -0.324 e. The summed E-state index contributed by atoms with van der Waals surface area (Å²) in [4.78, 5) is 0. The Labute approximate surface area is 116 Å². The Balaban J connectivity index is 2.25. The molecule has 20 heavy (non-hydrogen) atoms. The average Bonchev–Trinajstić information content (AvgIpc) is 2.81. The Bertz CT molecular complexity index is 453. The van der Waals surface area contributed by atoms with Gasteiger partial charge >= 0.3 is 6.18 Å². The first kappa shape index (κ1) is 15.3. The summed E-state index contributed by atoms with van der Waals surface area (Å²) in [5.41, 5.74) is 5.62. The molecule has 0 saturated heterocycles. The number of hydrogen-bond acceptors (Lipinski definition) is 3. The third-order valence-electron chi connectivity index (χ3n) is 3.99. The van der Waals surface area contributed by atoms with Crippen LogP contribution < -0.4 is 5.73 Å². The van der Waals surface area contributed by atoms with Crippen molar-refractivity contribution in [2.75, 3.05) is 0 Å². The highest BCUT2D eigenvalue weighted by molar-refractivity contribution is 5.06. The van der Waals surface area contributed by atoms with Gasteiger partial charge in [-0.1, -0.05) is 6.42 Å². The first-order valence-electron chi connectivity index (χ1n) is 7.05. The van der Waals surface area contributed by atoms with Crippen molar-refractivity contribution in [1.29, 1.82) is 0 Å². The van der Waals surface area contributed by atoms with Crippen LogP contribution >= 0.6 is 0 Å². The second-order valence-electron chi connectivity index (χ2n) is 5.74. The zero-order valence-corrected chi connectivity index (χ0v) is 11.8. The Hall–Kier alpha value is -1.11. The highest BCUT2D eigenvalue weighted by atomic mass is 19.4. The molecule has 114 valence electrons. The largest absolute Gasteiger partial charge is 0.391 e. The highest BCUT2D eigenvalue weighted by Gasteiger charge is 2.43. The molecular formula is C13H21F3N4. The lowest BCUT2D eigenvalue weighted by Gasteiger charge is -2.30. The first-order chi connectivity index (χ1) is 9.34. The molecule has 7 heteroatoms. The van der Waals surface area contributed by atoms with Crippen molar-refractivity contribution in [2.45, 2.75) is 64.2 Å². The van der Waals surface area contributed by atoms with E-state index in [1.165, 1.54) is 0 Å². The number of aromatic nitrogens is 3. The molecule has 2 rings (SSSR count). The topological polar surface area (TPSA) is 56.7 Å². The predicted molar refractivity (Wildman–Crippen MR) is 69.1 cm³/mol. The van der Waals surface area contributed by atoms with E-state index in [1.807, 2.05) is 18.4 Å². The average molecular weight is 290 g/mol. The molecular weight excluding hydrogens is 269 g/mol. The second-order valence-corrected chi connectivity index (χ2v) is 5.74. The molecule has 1 aliphatic rings. The first-order valence-corrected chi connectivity index (χ1v) is 7.05. The Morgan fingerprint density at radius 2 is 2.00 bits per heavy atom. The molecule has 1 aromatic rings. The van der Waals surface area contributed by atoms with Crippen LogP contribution in [0.3, 0.4) is 0 Å². The molecule has 0 aliphatic heterocycles. The quantitative estimate of drug-likeness (QED) is 0.930. The summed E-state index contributed by atoms with van der Waals surface area (Å²) in [7, 11) is 0. The summed E-state index contributed by atoms with van der Waals surface area (Å²) in [5.74, 6) is -0.0935. The van der Waals surface area contributed by atoms with Crippen molar-refractivity contribution in [3.05, 3.63) is 11.6 Å². The molecule has 0 amide bonds. The van der Waals surface area contributed by atoms with Crippen molar-refractivity contribution in [3.63, 3.8) is 0 Å². The predicted octanol–water partition coefficient (Wildman–Crippen LogP) is 3.15. The Morgan fingerprint density at radius 1 is 1.30 bits per heavy atom. The maximum Gasteiger partial charge on any atom is 0.391 e. The third kappa shape index (κ3) is 2.97. The van der Waals surface area contributed by atoms with Gasteiger partial charge in [-0.3, -0.25) is 0 Å². The lowest BCUT2D eigenvalue weighted by atomic mass is 9.80. The summed E-state index contributed by atoms with van der Waals surface area (Å²) >= 11 is 0. The van der Waals surface area contributed by atoms with E-state index in [0.717, 1.165) is 6.42 Å². The number of nitrogens with two attached hydrogens (primary N) is 1. The van der Waals surface area contributed by atoms with Crippen molar-refractivity contribution in [3.8, 4) is 0 Å². The number of hydrogen-bond donors (Lipinski definition) is 1. The van der Waals surface area contributed by atoms with E-state index < -0.39 is 12.1 Å². The van der Waals surface area contributed by atoms with E-state index in [0.29, 0.717) is 18.1 Å². The smallest absolute Gasteiger partial charge is 0.324 e. The van der Waals surface area contributed by atoms with Gasteiger partial charge in [-0.2, -0.15) is 13.2 Å². The number of nitrogens with zero attached hydrogens (tertiary/aromatic N) is 3. The summed E-state index contributed by atoms with van der Waals surface area (Å²) in [6.45, 7) is 4.19. The Kier molecular flexibility index (Phi) is 4.36. The zero-order valence-electron chi connectivity index (χ0n) is 11.8. The van der Waals surface area contributed by atoms with Crippen LogP contribution in [0.2, 0.25) is 0 Å². The second kappa shape index (κ2) is 5.71. The molecule has 0 radical (unpaired) electrons. The highest BCUT2D eigenvalue weighted by Crippen LogP contribution is 2.43. The lowest BCUT2D eigenvalue weighted by Crippen LogP contribution is -2.29. The van der Waals surface area contributed by atoms with Crippen molar-refractivity contribution in [2.24, 2.45) is 11.7 Å². The summed E-state index contributed by atoms with van der Waals surface area (Å²) in [6, 6.07) is 0.102. The van der Waals surface area contributed by atoms with Gasteiger partial charge in [-0.05, 0) is 33.1 Å². The molecule has 2 unspecified atom stereocenters. The SMILES string of the molecule is CC(C)n1c(CN)nnc1C1CCCC(C(F)(F)F)C1. The van der Waals surface area contributed by atoms with E-state index in [2.05, 4.69) is 10.2 Å². The van der Waals surface area contributed by atoms with E-state index in [9.17, 15) is 13.2 Å². The van der Waals surface area contributed by atoms with Crippen LogP contribution in [0.4, 0.5) is 13.2 Å². The molecule has 0 bridgehead atoms. The van der Waals surface area contributed by atoms with Crippen LogP contribution in [-0.2, 0) is 6.54 Å². The molecule has 0 aromatic carbocycles. The van der Waals surface area contributed by atoms with Crippen LogP contribution in [-0.4, -0.2) is 20.9 Å². The Morgan fingerprint density at radius 3 is 2.55 bits per heavy atom. The summed E-state index contributed by atoms with van der Waals surface area (Å²) < 4.78 is 40.6. The van der Waals surface area contributed by atoms with Gasteiger partial charge in [0.1, 0.15) is 11.6 Å². The summed E-state index contributed by atoms with van der Waals surface area (Å²) in [5, 5.41) is 8.14. The van der Waals surface area contributed by atoms with E-state index in [4.69, 9.17) is 5.73 Å². The molecule has 2 atom stereocenters. The minimum absolute atomic E-state index is 0.102. The summed E-state index contributed by atoms with van der Waals surface area (Å²) in [6.07, 6.45) is -2.46. The number of alkyl halides is 3. The van der Waals surface area contributed by atoms with Gasteiger partial charge in [0.05, 0.1) is 12.5 Å². The van der Waals surface area contributed by atoms with Crippen LogP contribution in [0.25, 0.3) is 0 Å². The van der Waals surface area contributed by atoms with Crippen LogP contribution in [0.5, 0.6) is 0 Å². The maximum absolute atomic E-state index is 12.9. The molecule has 1 saturated carbocycles. The van der Waals surface area contributed by atoms with Gasteiger partial charge in [0, 0.05) is 12.0 Å². The van der Waals surface area contributed by atoms with E-state index in [1.54, 1.807) is 0 Å². The molecule has 2 N–H and O–H groups in total. The molecule has 0 spiro atoms. The van der Waals surface area contributed by atoms with Gasteiger partial charge in [0.2, 0.25) is 0 Å². The van der Waals surface area contributed by atoms with Gasteiger partial charge in [-0.25, -0.2) is 0 Å². The van der Waals surface area contributed by atoms with Gasteiger partial charge in [0.25, 0.3) is 0 Å². The van der Waals surface area contributed by atoms with Crippen LogP contribution in [0.1, 0.15) is 63.1 Å². The van der Waals surface area contributed by atoms with Crippen molar-refractivity contribution >= 4 is 0 Å². The zero-order chi connectivity index (χ0) is 14.9. The number of rotatable bonds is 3. The van der Waals surface area contributed by atoms with Crippen molar-refractivity contribution in [1.82, 2.24) is 14.8 Å². The fraction of sp³-hybridized carbons (Fsp3) is 0.846. The third-order valence-corrected chi connectivity index (χ3v) is 3.99. The minimum atomic E-state index is -4.11. The van der Waals surface area contributed by atoms with E-state index >= 15 is 0 Å². The van der Waals surface area contributed by atoms with Crippen molar-refractivity contribution < 1.29 is 13.2 Å². The number of halogens is 3. The maximum atomic E-state index is 12.9. The van der Waals surface area contributed by atoms with Gasteiger partial charge in [0.15, 0.2) is 0 Å². The molecule has 1 aliphatic carbocycles. The molecule has 1 fully saturated rings. The molecule has 1 aromatic heterocycles. The molecule has 1 heterocycles. The monoisotopic (exact) mass is 290 g/mol. The lowest BCUT2D eigenvalue weighted by molar-refractivity contribution is -0.183. The van der Waals surface area contributed by atoms with Crippen LogP contribution in [0, 0.1) is 5.92 Å². The standard InChI is InChI=1S/C13H21F3N4/c1-8(2)20-11(7-17)18-19-12(20)9-4-3-5-10(6-9)13(14,15)16/h8-10H,3-7,17H2,1-2H3. The van der Waals surface area contributed by atoms with Gasteiger partial charge in [-0.15, -0.1) is 10.2 Å². The van der Waals surface area contributed by atoms with Crippen LogP contribution in [0.15, 0.2) is 0 Å². The van der Waals surface area contributed by atoms with E-state index in [-0.39, 0.29) is 31.3 Å². The normalized spacial score (nSPS) is 24.4.